The molecule has 6 heteroatoms. The topological polar surface area (TPSA) is 65.3 Å². The van der Waals surface area contributed by atoms with Crippen LogP contribution in [0.4, 0.5) is 5.69 Å². The first-order chi connectivity index (χ1) is 12.7. The van der Waals surface area contributed by atoms with Gasteiger partial charge in [-0.05, 0) is 54.1 Å². The fraction of sp³-hybridized carbons (Fsp3) is 0.0500. The number of nitrogens with zero attached hydrogens (tertiary/aromatic N) is 2. The second kappa shape index (κ2) is 6.93. The third-order valence-electron chi connectivity index (χ3n) is 3.95. The minimum atomic E-state index is -0.411. The smallest absolute Gasteiger partial charge is 0.269 e. The first-order valence-electron chi connectivity index (χ1n) is 8.01. The van der Waals surface area contributed by atoms with Crippen LogP contribution in [0.5, 0.6) is 5.75 Å². The van der Waals surface area contributed by atoms with Crippen molar-refractivity contribution in [1.82, 2.24) is 4.98 Å². The molecule has 0 aliphatic heterocycles. The number of para-hydroxylation sites is 1. The summed E-state index contributed by atoms with van der Waals surface area (Å²) in [6, 6.07) is 22.2. The maximum absolute atomic E-state index is 10.7. The van der Waals surface area contributed by atoms with Gasteiger partial charge in [0.05, 0.1) is 15.1 Å². The second-order valence-electron chi connectivity index (χ2n) is 5.72. The van der Waals surface area contributed by atoms with Crippen LogP contribution >= 0.6 is 11.3 Å². The molecule has 0 aliphatic carbocycles. The van der Waals surface area contributed by atoms with Crippen molar-refractivity contribution in [2.45, 2.75) is 6.61 Å². The first kappa shape index (κ1) is 16.2. The zero-order valence-electron chi connectivity index (χ0n) is 13.7. The Kier molecular flexibility index (Phi) is 4.33. The number of thiazole rings is 1. The van der Waals surface area contributed by atoms with Gasteiger partial charge < -0.3 is 4.74 Å². The maximum atomic E-state index is 10.7. The number of rotatable bonds is 5. The van der Waals surface area contributed by atoms with Crippen molar-refractivity contribution in [3.63, 3.8) is 0 Å². The summed E-state index contributed by atoms with van der Waals surface area (Å²) >= 11 is 1.66. The Balaban J connectivity index is 1.45. The molecule has 0 aliphatic rings. The highest BCUT2D eigenvalue weighted by atomic mass is 32.1. The Hall–Kier alpha value is -3.25. The number of ether oxygens (including phenoxy) is 1. The lowest BCUT2D eigenvalue weighted by molar-refractivity contribution is -0.384. The number of fused-ring (bicyclic) bond motifs is 1. The summed E-state index contributed by atoms with van der Waals surface area (Å²) in [6.45, 7) is 0.360. The van der Waals surface area contributed by atoms with Crippen molar-refractivity contribution in [2.75, 3.05) is 0 Å². The number of benzene rings is 3. The van der Waals surface area contributed by atoms with Gasteiger partial charge in [0.25, 0.3) is 5.69 Å². The average Bonchev–Trinajstić information content (AvgIpc) is 3.11. The van der Waals surface area contributed by atoms with E-state index in [1.807, 2.05) is 42.5 Å². The van der Waals surface area contributed by atoms with E-state index in [2.05, 4.69) is 11.1 Å². The molecule has 128 valence electrons. The van der Waals surface area contributed by atoms with Crippen LogP contribution in [0, 0.1) is 10.1 Å². The van der Waals surface area contributed by atoms with Gasteiger partial charge in [0, 0.05) is 17.7 Å². The van der Waals surface area contributed by atoms with Crippen molar-refractivity contribution >= 4 is 27.2 Å². The zero-order valence-corrected chi connectivity index (χ0v) is 14.5. The summed E-state index contributed by atoms with van der Waals surface area (Å²) in [5.74, 6) is 0.744. The Morgan fingerprint density at radius 3 is 2.38 bits per heavy atom. The Morgan fingerprint density at radius 1 is 0.962 bits per heavy atom. The predicted molar refractivity (Wildman–Crippen MR) is 102 cm³/mol. The Morgan fingerprint density at radius 2 is 1.69 bits per heavy atom. The second-order valence-corrected chi connectivity index (χ2v) is 6.75. The van der Waals surface area contributed by atoms with Gasteiger partial charge in [0.1, 0.15) is 17.4 Å². The van der Waals surface area contributed by atoms with Gasteiger partial charge in [0.2, 0.25) is 0 Å². The average molecular weight is 362 g/mol. The van der Waals surface area contributed by atoms with Crippen LogP contribution in [0.3, 0.4) is 0 Å². The molecule has 26 heavy (non-hydrogen) atoms. The normalized spacial score (nSPS) is 10.8. The van der Waals surface area contributed by atoms with Gasteiger partial charge >= 0.3 is 0 Å². The van der Waals surface area contributed by atoms with E-state index in [9.17, 15) is 10.1 Å². The van der Waals surface area contributed by atoms with E-state index in [4.69, 9.17) is 4.74 Å². The number of hydrogen-bond donors (Lipinski definition) is 0. The fourth-order valence-corrected chi connectivity index (χ4v) is 3.54. The molecule has 0 radical (unpaired) electrons. The molecule has 4 rings (SSSR count). The third kappa shape index (κ3) is 3.41. The molecule has 5 nitrogen and oxygen atoms in total. The molecule has 0 unspecified atom stereocenters. The number of aromatic nitrogens is 1. The van der Waals surface area contributed by atoms with Gasteiger partial charge in [0.15, 0.2) is 0 Å². The summed E-state index contributed by atoms with van der Waals surface area (Å²) in [5, 5.41) is 11.6. The number of nitro benzene ring substituents is 1. The van der Waals surface area contributed by atoms with Crippen LogP contribution in [-0.2, 0) is 6.61 Å². The van der Waals surface area contributed by atoms with Crippen molar-refractivity contribution in [3.05, 3.63) is 88.5 Å². The molecule has 0 saturated carbocycles. The summed E-state index contributed by atoms with van der Waals surface area (Å²) in [7, 11) is 0. The van der Waals surface area contributed by atoms with Gasteiger partial charge in [-0.2, -0.15) is 0 Å². The molecule has 1 heterocycles. The fourth-order valence-electron chi connectivity index (χ4n) is 2.57. The molecule has 0 N–H and O–H groups in total. The molecule has 0 fully saturated rings. The number of non-ortho nitro benzene ring substituents is 1. The van der Waals surface area contributed by atoms with Crippen molar-refractivity contribution in [1.29, 1.82) is 0 Å². The van der Waals surface area contributed by atoms with E-state index in [1.54, 1.807) is 23.5 Å². The molecule has 0 bridgehead atoms. The predicted octanol–water partition coefficient (Wildman–Crippen LogP) is 5.45. The molecule has 3 aromatic carbocycles. The highest BCUT2D eigenvalue weighted by Crippen LogP contribution is 2.31. The van der Waals surface area contributed by atoms with E-state index >= 15 is 0 Å². The third-order valence-corrected chi connectivity index (χ3v) is 5.03. The van der Waals surface area contributed by atoms with E-state index in [0.717, 1.165) is 27.4 Å². The number of hydrogen-bond acceptors (Lipinski definition) is 5. The lowest BCUT2D eigenvalue weighted by Crippen LogP contribution is -1.96. The van der Waals surface area contributed by atoms with Gasteiger partial charge in [-0.3, -0.25) is 10.1 Å². The molecule has 1 aromatic heterocycles. The van der Waals surface area contributed by atoms with Gasteiger partial charge in [-0.25, -0.2) is 4.98 Å². The van der Waals surface area contributed by atoms with E-state index in [-0.39, 0.29) is 5.69 Å². The Bertz CT molecular complexity index is 1020. The molecular formula is C20H14N2O3S. The first-order valence-corrected chi connectivity index (χ1v) is 8.83. The van der Waals surface area contributed by atoms with Crippen LogP contribution in [0.25, 0.3) is 20.8 Å². The van der Waals surface area contributed by atoms with Crippen LogP contribution in [0.1, 0.15) is 5.56 Å². The largest absolute Gasteiger partial charge is 0.489 e. The summed E-state index contributed by atoms with van der Waals surface area (Å²) in [5.41, 5.74) is 3.01. The summed E-state index contributed by atoms with van der Waals surface area (Å²) < 4.78 is 6.92. The van der Waals surface area contributed by atoms with Crippen LogP contribution in [0.2, 0.25) is 0 Å². The maximum Gasteiger partial charge on any atom is 0.269 e. The minimum absolute atomic E-state index is 0.0777. The van der Waals surface area contributed by atoms with E-state index in [1.165, 1.54) is 16.8 Å². The molecule has 4 aromatic rings. The van der Waals surface area contributed by atoms with E-state index in [0.29, 0.717) is 6.61 Å². The lowest BCUT2D eigenvalue weighted by Gasteiger charge is -2.06. The standard InChI is InChI=1S/C20H14N2O3S/c23-22(24)16-9-5-14(6-10-16)13-25-17-11-7-15(8-12-17)20-21-18-3-1-2-4-19(18)26-20/h1-12H,13H2. The monoisotopic (exact) mass is 362 g/mol. The molecule has 0 saturated heterocycles. The van der Waals surface area contributed by atoms with E-state index < -0.39 is 4.92 Å². The SMILES string of the molecule is O=[N+]([O-])c1ccc(COc2ccc(-c3nc4ccccc4s3)cc2)cc1. The zero-order chi connectivity index (χ0) is 17.9. The van der Waals surface area contributed by atoms with Gasteiger partial charge in [-0.15, -0.1) is 11.3 Å². The molecule has 0 spiro atoms. The highest BCUT2D eigenvalue weighted by Gasteiger charge is 2.07. The van der Waals surface area contributed by atoms with Crippen molar-refractivity contribution in [3.8, 4) is 16.3 Å². The van der Waals surface area contributed by atoms with Crippen molar-refractivity contribution in [2.24, 2.45) is 0 Å². The summed E-state index contributed by atoms with van der Waals surface area (Å²) in [4.78, 5) is 14.9. The molecule has 0 amide bonds. The number of nitro groups is 1. The van der Waals surface area contributed by atoms with Crippen LogP contribution in [-0.4, -0.2) is 9.91 Å². The van der Waals surface area contributed by atoms with Crippen LogP contribution in [0.15, 0.2) is 72.8 Å². The molecular weight excluding hydrogens is 348 g/mol. The Labute approximate surface area is 153 Å². The minimum Gasteiger partial charge on any atom is -0.489 e. The highest BCUT2D eigenvalue weighted by molar-refractivity contribution is 7.21. The summed E-state index contributed by atoms with van der Waals surface area (Å²) in [6.07, 6.45) is 0. The van der Waals surface area contributed by atoms with Crippen LogP contribution < -0.4 is 4.74 Å². The quantitative estimate of drug-likeness (QED) is 0.350. The van der Waals surface area contributed by atoms with Gasteiger partial charge in [-0.1, -0.05) is 12.1 Å². The molecule has 0 atom stereocenters. The lowest BCUT2D eigenvalue weighted by atomic mass is 10.2. The van der Waals surface area contributed by atoms with Crippen molar-refractivity contribution < 1.29 is 9.66 Å².